The van der Waals surface area contributed by atoms with Gasteiger partial charge in [0.25, 0.3) is 0 Å². The number of nitrogens with zero attached hydrogens (tertiary/aromatic N) is 1. The number of carbonyl (C=O) groups is 1. The summed E-state index contributed by atoms with van der Waals surface area (Å²) in [4.78, 5) is 15.2. The molecule has 2 aromatic rings. The number of fused-ring (bicyclic) bond motifs is 1. The first-order chi connectivity index (χ1) is 16.2. The van der Waals surface area contributed by atoms with Crippen molar-refractivity contribution in [1.82, 2.24) is 4.90 Å². The van der Waals surface area contributed by atoms with Crippen molar-refractivity contribution in [3.05, 3.63) is 53.6 Å². The van der Waals surface area contributed by atoms with Gasteiger partial charge >= 0.3 is 6.09 Å². The first kappa shape index (κ1) is 19.7. The van der Waals surface area contributed by atoms with Crippen LogP contribution >= 0.6 is 0 Å². The van der Waals surface area contributed by atoms with Crippen molar-refractivity contribution >= 4 is 6.09 Å². The zero-order chi connectivity index (χ0) is 22.2. The molecule has 2 spiro atoms. The Balaban J connectivity index is 1.32. The molecular formula is C26H27NO6. The van der Waals surface area contributed by atoms with E-state index in [9.17, 15) is 4.79 Å². The van der Waals surface area contributed by atoms with Crippen LogP contribution in [0.3, 0.4) is 0 Å². The molecule has 172 valence electrons. The van der Waals surface area contributed by atoms with E-state index in [1.54, 1.807) is 7.11 Å². The molecule has 4 unspecified atom stereocenters. The average molecular weight is 450 g/mol. The lowest BCUT2D eigenvalue weighted by Crippen LogP contribution is -2.71. The fourth-order valence-electron chi connectivity index (χ4n) is 7.31. The van der Waals surface area contributed by atoms with Crippen LogP contribution in [0.5, 0.6) is 17.2 Å². The van der Waals surface area contributed by atoms with Crippen LogP contribution in [0.15, 0.2) is 42.5 Å². The van der Waals surface area contributed by atoms with Crippen molar-refractivity contribution in [3.63, 3.8) is 0 Å². The number of benzene rings is 2. The van der Waals surface area contributed by atoms with Crippen LogP contribution < -0.4 is 14.2 Å². The van der Waals surface area contributed by atoms with Gasteiger partial charge in [0.05, 0.1) is 20.3 Å². The van der Waals surface area contributed by atoms with Gasteiger partial charge < -0.3 is 28.6 Å². The van der Waals surface area contributed by atoms with Gasteiger partial charge in [0, 0.05) is 30.0 Å². The Morgan fingerprint density at radius 3 is 2.70 bits per heavy atom. The maximum Gasteiger partial charge on any atom is 0.415 e. The van der Waals surface area contributed by atoms with Crippen molar-refractivity contribution in [1.29, 1.82) is 0 Å². The van der Waals surface area contributed by atoms with Crippen LogP contribution in [0.1, 0.15) is 30.4 Å². The zero-order valence-corrected chi connectivity index (χ0v) is 18.6. The molecule has 7 rings (SSSR count). The highest BCUT2D eigenvalue weighted by molar-refractivity contribution is 5.72. The lowest BCUT2D eigenvalue weighted by molar-refractivity contribution is -0.260. The monoisotopic (exact) mass is 449 g/mol. The summed E-state index contributed by atoms with van der Waals surface area (Å²) in [6, 6.07) is 13.5. The summed E-state index contributed by atoms with van der Waals surface area (Å²) < 4.78 is 30.7. The Bertz CT molecular complexity index is 1110. The number of carbonyl (C=O) groups excluding carboxylic acids is 1. The molecule has 2 aliphatic carbocycles. The summed E-state index contributed by atoms with van der Waals surface area (Å²) in [5.74, 6) is 1.69. The summed E-state index contributed by atoms with van der Waals surface area (Å²) in [5, 5.41) is 0. The van der Waals surface area contributed by atoms with Crippen LogP contribution in [-0.2, 0) is 21.3 Å². The largest absolute Gasteiger partial charge is 0.493 e. The normalized spacial score (nSPS) is 32.3. The number of likely N-dealkylation sites (tertiary alicyclic amines) is 1. The van der Waals surface area contributed by atoms with Gasteiger partial charge in [0.2, 0.25) is 5.79 Å². The number of amides is 1. The van der Waals surface area contributed by atoms with Crippen molar-refractivity contribution in [2.24, 2.45) is 5.92 Å². The lowest BCUT2D eigenvalue weighted by Gasteiger charge is -2.60. The van der Waals surface area contributed by atoms with Crippen molar-refractivity contribution in [3.8, 4) is 17.2 Å². The number of piperidine rings is 1. The maximum absolute atomic E-state index is 13.3. The van der Waals surface area contributed by atoms with E-state index in [0.29, 0.717) is 25.5 Å². The van der Waals surface area contributed by atoms with E-state index >= 15 is 0 Å². The van der Waals surface area contributed by atoms with Crippen molar-refractivity contribution < 1.29 is 28.5 Å². The second kappa shape index (κ2) is 6.87. The Morgan fingerprint density at radius 2 is 1.91 bits per heavy atom. The van der Waals surface area contributed by atoms with Crippen LogP contribution in [-0.4, -0.2) is 55.8 Å². The van der Waals surface area contributed by atoms with Crippen LogP contribution in [0.25, 0.3) is 0 Å². The van der Waals surface area contributed by atoms with E-state index in [2.05, 4.69) is 6.07 Å². The first-order valence-corrected chi connectivity index (χ1v) is 11.8. The standard InChI is InChI=1S/C26H27NO6/c1-29-20-8-7-16-15-19-18-9-10-26(30-13-14-31-26)23-25(18,21(16)22(20)33-23)11-12-27(19)24(28)32-17-5-3-2-4-6-17/h2-8,18-19,23H,9-15H2,1H3. The molecule has 1 amide bonds. The number of methoxy groups -OCH3 is 1. The molecule has 1 saturated carbocycles. The number of para-hydroxylation sites is 1. The Labute approximate surface area is 192 Å². The van der Waals surface area contributed by atoms with Gasteiger partial charge in [0.1, 0.15) is 5.75 Å². The third-order valence-electron chi connectivity index (χ3n) is 8.48. The number of hydrogen-bond donors (Lipinski definition) is 0. The van der Waals surface area contributed by atoms with Gasteiger partial charge in [-0.05, 0) is 48.9 Å². The Morgan fingerprint density at radius 1 is 1.09 bits per heavy atom. The Kier molecular flexibility index (Phi) is 4.10. The maximum atomic E-state index is 13.3. The summed E-state index contributed by atoms with van der Waals surface area (Å²) in [5.41, 5.74) is 2.22. The SMILES string of the molecule is COc1ccc2c3c1OC1C4(CCC5C(C2)N(C(=O)Oc2ccccc2)CCC351)OCCO4. The van der Waals surface area contributed by atoms with E-state index in [0.717, 1.165) is 37.2 Å². The van der Waals surface area contributed by atoms with E-state index in [1.165, 1.54) is 11.1 Å². The first-order valence-electron chi connectivity index (χ1n) is 11.8. The molecule has 3 aliphatic heterocycles. The van der Waals surface area contributed by atoms with Crippen LogP contribution in [0.2, 0.25) is 0 Å². The van der Waals surface area contributed by atoms with Gasteiger partial charge in [-0.25, -0.2) is 4.79 Å². The van der Waals surface area contributed by atoms with Crippen LogP contribution in [0, 0.1) is 5.92 Å². The molecule has 0 N–H and O–H groups in total. The van der Waals surface area contributed by atoms with E-state index < -0.39 is 5.79 Å². The smallest absolute Gasteiger partial charge is 0.415 e. The molecule has 0 aromatic heterocycles. The fraction of sp³-hybridized carbons (Fsp3) is 0.500. The van der Waals surface area contributed by atoms with E-state index in [-0.39, 0.29) is 29.6 Å². The summed E-state index contributed by atoms with van der Waals surface area (Å²) in [7, 11) is 1.69. The van der Waals surface area contributed by atoms with Gasteiger partial charge in [-0.1, -0.05) is 24.3 Å². The highest BCUT2D eigenvalue weighted by atomic mass is 16.8. The molecule has 3 fully saturated rings. The summed E-state index contributed by atoms with van der Waals surface area (Å²) in [6.45, 7) is 1.78. The molecule has 2 aromatic carbocycles. The van der Waals surface area contributed by atoms with E-state index in [1.807, 2.05) is 41.3 Å². The minimum Gasteiger partial charge on any atom is -0.493 e. The van der Waals surface area contributed by atoms with E-state index in [4.69, 9.17) is 23.7 Å². The lowest BCUT2D eigenvalue weighted by atomic mass is 9.50. The topological polar surface area (TPSA) is 66.5 Å². The second-order valence-corrected chi connectivity index (χ2v) is 9.72. The molecule has 4 atom stereocenters. The van der Waals surface area contributed by atoms with Crippen molar-refractivity contribution in [2.45, 2.75) is 49.0 Å². The number of rotatable bonds is 2. The third kappa shape index (κ3) is 2.49. The predicted molar refractivity (Wildman–Crippen MR) is 118 cm³/mol. The molecule has 2 saturated heterocycles. The summed E-state index contributed by atoms with van der Waals surface area (Å²) >= 11 is 0. The molecule has 5 aliphatic rings. The summed E-state index contributed by atoms with van der Waals surface area (Å²) in [6.07, 6.45) is 2.72. The van der Waals surface area contributed by atoms with Gasteiger partial charge in [-0.15, -0.1) is 0 Å². The quantitative estimate of drug-likeness (QED) is 0.697. The van der Waals surface area contributed by atoms with Crippen LogP contribution in [0.4, 0.5) is 4.79 Å². The van der Waals surface area contributed by atoms with Gasteiger partial charge in [-0.3, -0.25) is 0 Å². The molecule has 33 heavy (non-hydrogen) atoms. The highest BCUT2D eigenvalue weighted by Crippen LogP contribution is 2.66. The fourth-order valence-corrected chi connectivity index (χ4v) is 7.31. The third-order valence-corrected chi connectivity index (χ3v) is 8.48. The molecule has 7 nitrogen and oxygen atoms in total. The molecule has 2 bridgehead atoms. The number of hydrogen-bond acceptors (Lipinski definition) is 6. The molecule has 3 heterocycles. The van der Waals surface area contributed by atoms with Gasteiger partial charge in [-0.2, -0.15) is 0 Å². The molecular weight excluding hydrogens is 422 g/mol. The predicted octanol–water partition coefficient (Wildman–Crippen LogP) is 3.68. The van der Waals surface area contributed by atoms with Crippen molar-refractivity contribution in [2.75, 3.05) is 26.9 Å². The average Bonchev–Trinajstić information content (AvgIpc) is 3.44. The molecule has 7 heteroatoms. The minimum atomic E-state index is -0.730. The molecule has 0 radical (unpaired) electrons. The Hall–Kier alpha value is -2.77. The minimum absolute atomic E-state index is 0.0478. The number of ether oxygens (including phenoxy) is 5. The zero-order valence-electron chi connectivity index (χ0n) is 18.6. The highest BCUT2D eigenvalue weighted by Gasteiger charge is 2.72. The second-order valence-electron chi connectivity index (χ2n) is 9.72. The van der Waals surface area contributed by atoms with Gasteiger partial charge in [0.15, 0.2) is 17.6 Å².